The predicted octanol–water partition coefficient (Wildman–Crippen LogP) is 4.03. The van der Waals surface area contributed by atoms with Crippen LogP contribution in [0.4, 0.5) is 22.0 Å². The van der Waals surface area contributed by atoms with E-state index in [1.165, 1.54) is 6.07 Å². The summed E-state index contributed by atoms with van der Waals surface area (Å²) < 4.78 is 92.6. The molecule has 0 saturated carbocycles. The standard InChI is InChI=1S/C24H21F5N4O3S/c1-14-8-16(15-2-7-22(30-11-15)24(27,28)29)9-19(32-14)12-31-23(34)21-10-18(26)13-33(21)37(35,36)20-5-3-17(25)4-6-20/h2-9,11,18,21H,10,12-13H2,1H3,(H,31,34)/t18-,21+/m1/s1. The van der Waals surface area contributed by atoms with Gasteiger partial charge in [0, 0.05) is 30.4 Å². The Bertz CT molecular complexity index is 1400. The van der Waals surface area contributed by atoms with Crippen molar-refractivity contribution in [3.63, 3.8) is 0 Å². The fourth-order valence-electron chi connectivity index (χ4n) is 4.02. The number of sulfonamides is 1. The maximum absolute atomic E-state index is 14.2. The van der Waals surface area contributed by atoms with Crippen molar-refractivity contribution in [1.29, 1.82) is 0 Å². The van der Waals surface area contributed by atoms with Crippen molar-refractivity contribution >= 4 is 15.9 Å². The van der Waals surface area contributed by atoms with Crippen molar-refractivity contribution in [2.45, 2.75) is 43.2 Å². The number of benzene rings is 1. The Morgan fingerprint density at radius 1 is 1.11 bits per heavy atom. The van der Waals surface area contributed by atoms with Crippen molar-refractivity contribution in [3.05, 3.63) is 77.6 Å². The monoisotopic (exact) mass is 540 g/mol. The molecule has 1 fully saturated rings. The Kier molecular flexibility index (Phi) is 7.29. The van der Waals surface area contributed by atoms with Crippen LogP contribution >= 0.6 is 0 Å². The van der Waals surface area contributed by atoms with Crippen molar-refractivity contribution < 1.29 is 35.2 Å². The number of carbonyl (C=O) groups excluding carboxylic acids is 1. The van der Waals surface area contributed by atoms with E-state index < -0.39 is 52.4 Å². The molecule has 0 bridgehead atoms. The summed E-state index contributed by atoms with van der Waals surface area (Å²) in [4.78, 5) is 20.4. The van der Waals surface area contributed by atoms with E-state index in [4.69, 9.17) is 0 Å². The van der Waals surface area contributed by atoms with Crippen LogP contribution < -0.4 is 5.32 Å². The van der Waals surface area contributed by atoms with E-state index in [9.17, 15) is 35.2 Å². The van der Waals surface area contributed by atoms with E-state index >= 15 is 0 Å². The van der Waals surface area contributed by atoms with Crippen LogP contribution in [-0.4, -0.2) is 47.4 Å². The van der Waals surface area contributed by atoms with Crippen molar-refractivity contribution in [3.8, 4) is 11.1 Å². The molecular weight excluding hydrogens is 519 g/mol. The van der Waals surface area contributed by atoms with E-state index in [1.807, 2.05) is 0 Å². The van der Waals surface area contributed by atoms with E-state index in [-0.39, 0.29) is 17.9 Å². The summed E-state index contributed by atoms with van der Waals surface area (Å²) in [5.74, 6) is -1.39. The van der Waals surface area contributed by atoms with E-state index in [0.717, 1.165) is 40.8 Å². The molecule has 0 aliphatic carbocycles. The van der Waals surface area contributed by atoms with Crippen LogP contribution in [0, 0.1) is 12.7 Å². The number of amides is 1. The molecule has 0 spiro atoms. The molecule has 0 unspecified atom stereocenters. The predicted molar refractivity (Wildman–Crippen MR) is 123 cm³/mol. The van der Waals surface area contributed by atoms with Crippen LogP contribution in [0.2, 0.25) is 0 Å². The second kappa shape index (κ2) is 10.1. The zero-order valence-corrected chi connectivity index (χ0v) is 20.2. The largest absolute Gasteiger partial charge is 0.433 e. The van der Waals surface area contributed by atoms with Gasteiger partial charge in [-0.25, -0.2) is 17.2 Å². The highest BCUT2D eigenvalue weighted by atomic mass is 32.2. The lowest BCUT2D eigenvalue weighted by molar-refractivity contribution is -0.141. The number of alkyl halides is 4. The van der Waals surface area contributed by atoms with Gasteiger partial charge in [-0.3, -0.25) is 14.8 Å². The summed E-state index contributed by atoms with van der Waals surface area (Å²) >= 11 is 0. The van der Waals surface area contributed by atoms with Gasteiger partial charge in [-0.1, -0.05) is 6.07 Å². The lowest BCUT2D eigenvalue weighted by atomic mass is 10.1. The van der Waals surface area contributed by atoms with Gasteiger partial charge in [0.25, 0.3) is 0 Å². The molecule has 1 amide bonds. The average molecular weight is 541 g/mol. The van der Waals surface area contributed by atoms with Crippen LogP contribution in [0.5, 0.6) is 0 Å². The van der Waals surface area contributed by atoms with Crippen molar-refractivity contribution in [1.82, 2.24) is 19.6 Å². The highest BCUT2D eigenvalue weighted by Crippen LogP contribution is 2.30. The minimum absolute atomic E-state index is 0.139. The Morgan fingerprint density at radius 2 is 1.81 bits per heavy atom. The summed E-state index contributed by atoms with van der Waals surface area (Å²) in [7, 11) is -4.27. The SMILES string of the molecule is Cc1cc(-c2ccc(C(F)(F)F)nc2)cc(CNC(=O)[C@@H]2C[C@@H](F)CN2S(=O)(=O)c2ccc(F)cc2)n1. The van der Waals surface area contributed by atoms with Gasteiger partial charge >= 0.3 is 6.18 Å². The zero-order valence-electron chi connectivity index (χ0n) is 19.3. The van der Waals surface area contributed by atoms with E-state index in [2.05, 4.69) is 15.3 Å². The van der Waals surface area contributed by atoms with Gasteiger partial charge < -0.3 is 5.32 Å². The average Bonchev–Trinajstić information content (AvgIpc) is 3.25. The first-order valence-corrected chi connectivity index (χ1v) is 12.5. The topological polar surface area (TPSA) is 92.3 Å². The van der Waals surface area contributed by atoms with Crippen LogP contribution in [-0.2, 0) is 27.5 Å². The van der Waals surface area contributed by atoms with Crippen LogP contribution in [0.1, 0.15) is 23.5 Å². The Hall–Kier alpha value is -3.45. The molecule has 196 valence electrons. The van der Waals surface area contributed by atoms with Gasteiger partial charge in [0.05, 0.1) is 17.1 Å². The molecule has 2 atom stereocenters. The third-order valence-corrected chi connectivity index (χ3v) is 7.65. The van der Waals surface area contributed by atoms with Gasteiger partial charge in [0.2, 0.25) is 15.9 Å². The minimum Gasteiger partial charge on any atom is -0.349 e. The van der Waals surface area contributed by atoms with Gasteiger partial charge in [-0.2, -0.15) is 17.5 Å². The number of carbonyl (C=O) groups is 1. The maximum Gasteiger partial charge on any atom is 0.433 e. The third-order valence-electron chi connectivity index (χ3n) is 5.77. The molecule has 13 heteroatoms. The lowest BCUT2D eigenvalue weighted by Crippen LogP contribution is -2.45. The van der Waals surface area contributed by atoms with Crippen molar-refractivity contribution in [2.24, 2.45) is 0 Å². The highest BCUT2D eigenvalue weighted by Gasteiger charge is 2.44. The van der Waals surface area contributed by atoms with Crippen LogP contribution in [0.25, 0.3) is 11.1 Å². The second-order valence-corrected chi connectivity index (χ2v) is 10.4. The molecule has 4 rings (SSSR count). The van der Waals surface area contributed by atoms with Crippen molar-refractivity contribution in [2.75, 3.05) is 6.54 Å². The molecule has 0 radical (unpaired) electrons. The Balaban J connectivity index is 1.50. The Morgan fingerprint density at radius 3 is 2.43 bits per heavy atom. The lowest BCUT2D eigenvalue weighted by Gasteiger charge is -2.23. The first-order valence-electron chi connectivity index (χ1n) is 11.0. The van der Waals surface area contributed by atoms with Crippen LogP contribution in [0.3, 0.4) is 0 Å². The molecule has 1 saturated heterocycles. The first-order chi connectivity index (χ1) is 17.3. The Labute approximate surface area is 209 Å². The molecule has 2 aromatic heterocycles. The molecule has 7 nitrogen and oxygen atoms in total. The zero-order chi connectivity index (χ0) is 27.0. The van der Waals surface area contributed by atoms with Gasteiger partial charge in [0.1, 0.15) is 23.7 Å². The number of hydrogen-bond donors (Lipinski definition) is 1. The molecule has 3 heterocycles. The summed E-state index contributed by atoms with van der Waals surface area (Å²) in [6.07, 6.45) is -5.41. The van der Waals surface area contributed by atoms with Crippen LogP contribution in [0.15, 0.2) is 59.6 Å². The number of hydrogen-bond acceptors (Lipinski definition) is 5. The summed E-state index contributed by atoms with van der Waals surface area (Å²) in [6.45, 7) is 0.999. The molecule has 1 aliphatic heterocycles. The third kappa shape index (κ3) is 5.93. The number of halogens is 5. The molecule has 3 aromatic rings. The van der Waals surface area contributed by atoms with Gasteiger partial charge in [-0.05, 0) is 55.0 Å². The molecular formula is C24H21F5N4O3S. The number of aromatic nitrogens is 2. The fourth-order valence-corrected chi connectivity index (χ4v) is 5.65. The molecule has 1 N–H and O–H groups in total. The number of pyridine rings is 2. The molecule has 37 heavy (non-hydrogen) atoms. The smallest absolute Gasteiger partial charge is 0.349 e. The summed E-state index contributed by atoms with van der Waals surface area (Å²) in [6, 6.07) is 7.98. The normalized spacial score (nSPS) is 18.6. The highest BCUT2D eigenvalue weighted by molar-refractivity contribution is 7.89. The van der Waals surface area contributed by atoms with E-state index in [0.29, 0.717) is 22.5 Å². The number of aryl methyl sites for hydroxylation is 1. The summed E-state index contributed by atoms with van der Waals surface area (Å²) in [5, 5.41) is 2.56. The van der Waals surface area contributed by atoms with Gasteiger partial charge in [0.15, 0.2) is 0 Å². The van der Waals surface area contributed by atoms with Gasteiger partial charge in [-0.15, -0.1) is 0 Å². The maximum atomic E-state index is 14.2. The van der Waals surface area contributed by atoms with E-state index in [1.54, 1.807) is 19.1 Å². The number of nitrogens with one attached hydrogen (secondary N) is 1. The second-order valence-electron chi connectivity index (χ2n) is 8.51. The number of nitrogens with zero attached hydrogens (tertiary/aromatic N) is 3. The first kappa shape index (κ1) is 26.6. The quantitative estimate of drug-likeness (QED) is 0.477. The summed E-state index contributed by atoms with van der Waals surface area (Å²) in [5.41, 5.74) is 0.761. The minimum atomic E-state index is -4.57. The fraction of sp³-hybridized carbons (Fsp3) is 0.292. The number of rotatable bonds is 6. The molecule has 1 aliphatic rings. The molecule has 1 aromatic carbocycles.